The van der Waals surface area contributed by atoms with E-state index < -0.39 is 4.92 Å². The number of aryl methyl sites for hydroxylation is 1. The maximum absolute atomic E-state index is 11.6. The Morgan fingerprint density at radius 2 is 1.95 bits per heavy atom. The number of nitrogens with zero attached hydrogens (tertiary/aromatic N) is 2. The van der Waals surface area contributed by atoms with Gasteiger partial charge >= 0.3 is 0 Å². The minimum atomic E-state index is -0.463. The van der Waals surface area contributed by atoms with E-state index in [9.17, 15) is 14.9 Å². The summed E-state index contributed by atoms with van der Waals surface area (Å²) in [6, 6.07) is 9.26. The van der Waals surface area contributed by atoms with Gasteiger partial charge in [-0.3, -0.25) is 14.9 Å². The van der Waals surface area contributed by atoms with Gasteiger partial charge in [-0.25, -0.2) is 0 Å². The maximum atomic E-state index is 11.6. The molecule has 0 unspecified atom stereocenters. The molecule has 0 saturated carbocycles. The molecule has 20 heavy (non-hydrogen) atoms. The van der Waals surface area contributed by atoms with Crippen molar-refractivity contribution in [3.63, 3.8) is 0 Å². The second kappa shape index (κ2) is 6.01. The Labute approximate surface area is 115 Å². The van der Waals surface area contributed by atoms with E-state index in [1.54, 1.807) is 16.8 Å². The fourth-order valence-corrected chi connectivity index (χ4v) is 1.72. The lowest BCUT2D eigenvalue weighted by Gasteiger charge is -2.08. The molecule has 1 heterocycles. The van der Waals surface area contributed by atoms with E-state index in [-0.39, 0.29) is 11.2 Å². The number of benzene rings is 1. The van der Waals surface area contributed by atoms with Crippen molar-refractivity contribution in [2.75, 3.05) is 6.61 Å². The molecular weight excluding hydrogens is 260 g/mol. The Kier molecular flexibility index (Phi) is 4.14. The fraction of sp³-hybridized carbons (Fsp3) is 0.214. The molecule has 0 radical (unpaired) electrons. The van der Waals surface area contributed by atoms with Crippen molar-refractivity contribution in [1.29, 1.82) is 0 Å². The summed E-state index contributed by atoms with van der Waals surface area (Å²) in [6.07, 6.45) is 1.72. The first-order valence-corrected chi connectivity index (χ1v) is 6.10. The molecule has 0 spiro atoms. The lowest BCUT2D eigenvalue weighted by atomic mass is 10.3. The van der Waals surface area contributed by atoms with Crippen LogP contribution in [-0.2, 0) is 6.54 Å². The number of non-ortho nitro benzene ring substituents is 1. The van der Waals surface area contributed by atoms with Crippen LogP contribution < -0.4 is 10.3 Å². The van der Waals surface area contributed by atoms with Crippen LogP contribution in [0.5, 0.6) is 5.75 Å². The molecule has 0 aliphatic rings. The molecule has 2 rings (SSSR count). The molecule has 0 atom stereocenters. The summed E-state index contributed by atoms with van der Waals surface area (Å²) >= 11 is 0. The van der Waals surface area contributed by atoms with Crippen molar-refractivity contribution in [2.24, 2.45) is 0 Å². The molecule has 1 aromatic heterocycles. The van der Waals surface area contributed by atoms with Crippen LogP contribution in [0.15, 0.2) is 47.4 Å². The van der Waals surface area contributed by atoms with Gasteiger partial charge in [0.15, 0.2) is 0 Å². The molecule has 2 aromatic rings. The van der Waals surface area contributed by atoms with Gasteiger partial charge in [-0.05, 0) is 30.7 Å². The van der Waals surface area contributed by atoms with Crippen LogP contribution in [0.1, 0.15) is 5.56 Å². The third-order valence-corrected chi connectivity index (χ3v) is 2.80. The van der Waals surface area contributed by atoms with Crippen LogP contribution in [0.2, 0.25) is 0 Å². The molecule has 0 N–H and O–H groups in total. The smallest absolute Gasteiger partial charge is 0.269 e. The second-order valence-corrected chi connectivity index (χ2v) is 4.34. The lowest BCUT2D eigenvalue weighted by molar-refractivity contribution is -0.384. The molecule has 6 heteroatoms. The van der Waals surface area contributed by atoms with Gasteiger partial charge in [0.05, 0.1) is 11.5 Å². The Hall–Kier alpha value is -2.63. The van der Waals surface area contributed by atoms with Crippen molar-refractivity contribution in [3.8, 4) is 5.75 Å². The minimum Gasteiger partial charge on any atom is -0.492 e. The first-order valence-electron chi connectivity index (χ1n) is 6.10. The highest BCUT2D eigenvalue weighted by atomic mass is 16.6. The van der Waals surface area contributed by atoms with Crippen LogP contribution in [0, 0.1) is 17.0 Å². The largest absolute Gasteiger partial charge is 0.492 e. The zero-order valence-electron chi connectivity index (χ0n) is 11.0. The average Bonchev–Trinajstić information content (AvgIpc) is 2.42. The summed E-state index contributed by atoms with van der Waals surface area (Å²) in [5.41, 5.74) is 0.868. The van der Waals surface area contributed by atoms with Crippen LogP contribution in [0.25, 0.3) is 0 Å². The number of ether oxygens (including phenoxy) is 1. The van der Waals surface area contributed by atoms with E-state index in [0.717, 1.165) is 5.56 Å². The molecular formula is C14H14N2O4. The van der Waals surface area contributed by atoms with E-state index in [2.05, 4.69) is 0 Å². The predicted octanol–water partition coefficient (Wildman–Crippen LogP) is 2.14. The number of aromatic nitrogens is 1. The van der Waals surface area contributed by atoms with Gasteiger partial charge in [-0.15, -0.1) is 0 Å². The molecule has 104 valence electrons. The number of hydrogen-bond acceptors (Lipinski definition) is 4. The zero-order valence-corrected chi connectivity index (χ0v) is 11.0. The predicted molar refractivity (Wildman–Crippen MR) is 74.0 cm³/mol. The van der Waals surface area contributed by atoms with Crippen LogP contribution in [-0.4, -0.2) is 16.1 Å². The molecule has 0 bridgehead atoms. The number of nitro benzene ring substituents is 1. The molecule has 6 nitrogen and oxygen atoms in total. The number of pyridine rings is 1. The summed E-state index contributed by atoms with van der Waals surface area (Å²) < 4.78 is 7.00. The summed E-state index contributed by atoms with van der Waals surface area (Å²) in [5, 5.41) is 10.5. The monoisotopic (exact) mass is 274 g/mol. The molecule has 0 amide bonds. The first kappa shape index (κ1) is 13.8. The zero-order chi connectivity index (χ0) is 14.5. The van der Waals surface area contributed by atoms with Gasteiger partial charge in [-0.1, -0.05) is 0 Å². The van der Waals surface area contributed by atoms with Gasteiger partial charge in [0.25, 0.3) is 11.2 Å². The van der Waals surface area contributed by atoms with Gasteiger partial charge in [0.1, 0.15) is 12.4 Å². The Morgan fingerprint density at radius 1 is 1.25 bits per heavy atom. The molecule has 0 fully saturated rings. The number of nitro groups is 1. The normalized spacial score (nSPS) is 10.2. The van der Waals surface area contributed by atoms with Crippen molar-refractivity contribution in [3.05, 3.63) is 68.6 Å². The van der Waals surface area contributed by atoms with Crippen LogP contribution in [0.4, 0.5) is 5.69 Å². The average molecular weight is 274 g/mol. The fourth-order valence-electron chi connectivity index (χ4n) is 1.72. The summed E-state index contributed by atoms with van der Waals surface area (Å²) in [4.78, 5) is 21.7. The van der Waals surface area contributed by atoms with E-state index in [1.807, 2.05) is 13.0 Å². The standard InChI is InChI=1S/C14H14N2O4/c1-11-6-7-15(14(17)10-11)8-9-20-13-4-2-12(3-5-13)16(18)19/h2-7,10H,8-9H2,1H3. The topological polar surface area (TPSA) is 74.4 Å². The molecule has 1 aromatic carbocycles. The third-order valence-electron chi connectivity index (χ3n) is 2.80. The van der Waals surface area contributed by atoms with Gasteiger partial charge in [0.2, 0.25) is 0 Å². The highest BCUT2D eigenvalue weighted by molar-refractivity contribution is 5.35. The van der Waals surface area contributed by atoms with Gasteiger partial charge in [-0.2, -0.15) is 0 Å². The highest BCUT2D eigenvalue weighted by Crippen LogP contribution is 2.17. The Bertz CT molecular complexity index is 662. The first-order chi connectivity index (χ1) is 9.56. The third kappa shape index (κ3) is 3.44. The second-order valence-electron chi connectivity index (χ2n) is 4.34. The SMILES string of the molecule is Cc1ccn(CCOc2ccc([N+](=O)[O-])cc2)c(=O)c1. The summed E-state index contributed by atoms with van der Waals surface area (Å²) in [7, 11) is 0. The lowest BCUT2D eigenvalue weighted by Crippen LogP contribution is -2.21. The Balaban J connectivity index is 1.92. The van der Waals surface area contributed by atoms with Crippen LogP contribution >= 0.6 is 0 Å². The highest BCUT2D eigenvalue weighted by Gasteiger charge is 2.04. The van der Waals surface area contributed by atoms with Crippen molar-refractivity contribution in [1.82, 2.24) is 4.57 Å². The molecule has 0 saturated heterocycles. The Morgan fingerprint density at radius 3 is 2.55 bits per heavy atom. The van der Waals surface area contributed by atoms with Crippen molar-refractivity contribution < 1.29 is 9.66 Å². The molecule has 0 aliphatic heterocycles. The van der Waals surface area contributed by atoms with E-state index in [4.69, 9.17) is 4.74 Å². The number of rotatable bonds is 5. The summed E-state index contributed by atoms with van der Waals surface area (Å²) in [5.74, 6) is 0.538. The summed E-state index contributed by atoms with van der Waals surface area (Å²) in [6.45, 7) is 2.61. The number of hydrogen-bond donors (Lipinski definition) is 0. The van der Waals surface area contributed by atoms with Gasteiger partial charge in [0, 0.05) is 24.4 Å². The minimum absolute atomic E-state index is 0.0205. The van der Waals surface area contributed by atoms with E-state index in [0.29, 0.717) is 18.9 Å². The molecule has 0 aliphatic carbocycles. The van der Waals surface area contributed by atoms with E-state index in [1.165, 1.54) is 24.3 Å². The van der Waals surface area contributed by atoms with Crippen molar-refractivity contribution >= 4 is 5.69 Å². The van der Waals surface area contributed by atoms with Gasteiger partial charge < -0.3 is 9.30 Å². The van der Waals surface area contributed by atoms with Crippen molar-refractivity contribution in [2.45, 2.75) is 13.5 Å². The quantitative estimate of drug-likeness (QED) is 0.618. The van der Waals surface area contributed by atoms with Crippen LogP contribution in [0.3, 0.4) is 0 Å². The van der Waals surface area contributed by atoms with E-state index >= 15 is 0 Å². The maximum Gasteiger partial charge on any atom is 0.269 e.